The molecule has 0 aromatic heterocycles. The van der Waals surface area contributed by atoms with Crippen molar-refractivity contribution in [2.45, 2.75) is 6.18 Å². The van der Waals surface area contributed by atoms with E-state index in [9.17, 15) is 18.0 Å². The fourth-order valence-corrected chi connectivity index (χ4v) is 0.177. The first kappa shape index (κ1) is 8.00. The standard InChI is InChI=1S/C4H4F3NO/c5-4(6,7)2-1-3(8)9/h1-2H,(H2,8,9)/b2-1-. The molecule has 52 valence electrons. The van der Waals surface area contributed by atoms with Crippen molar-refractivity contribution in [3.05, 3.63) is 12.2 Å². The molecule has 1 amide bonds. The maximum absolute atomic E-state index is 11.1. The Morgan fingerprint density at radius 2 is 1.89 bits per heavy atom. The van der Waals surface area contributed by atoms with Crippen LogP contribution in [0.1, 0.15) is 0 Å². The molecule has 0 fully saturated rings. The summed E-state index contributed by atoms with van der Waals surface area (Å²) in [6, 6.07) is 0. The molecule has 0 unspecified atom stereocenters. The van der Waals surface area contributed by atoms with E-state index >= 15 is 0 Å². The summed E-state index contributed by atoms with van der Waals surface area (Å²) < 4.78 is 33.4. The van der Waals surface area contributed by atoms with Crippen molar-refractivity contribution in [2.75, 3.05) is 0 Å². The molecule has 0 heterocycles. The van der Waals surface area contributed by atoms with Crippen molar-refractivity contribution in [1.29, 1.82) is 0 Å². The third-order valence-electron chi connectivity index (χ3n) is 0.437. The van der Waals surface area contributed by atoms with Crippen LogP contribution in [0.25, 0.3) is 0 Å². The van der Waals surface area contributed by atoms with Crippen LogP contribution in [0.3, 0.4) is 0 Å². The van der Waals surface area contributed by atoms with Crippen molar-refractivity contribution in [3.8, 4) is 0 Å². The van der Waals surface area contributed by atoms with Gasteiger partial charge in [-0.25, -0.2) is 0 Å². The topological polar surface area (TPSA) is 43.1 Å². The number of rotatable bonds is 1. The number of carbonyl (C=O) groups excluding carboxylic acids is 1. The lowest BCUT2D eigenvalue weighted by Crippen LogP contribution is -2.09. The molecule has 2 N–H and O–H groups in total. The minimum absolute atomic E-state index is 0.213. The van der Waals surface area contributed by atoms with Gasteiger partial charge in [0, 0.05) is 12.2 Å². The molecular weight excluding hydrogens is 135 g/mol. The highest BCUT2D eigenvalue weighted by molar-refractivity contribution is 5.85. The number of nitrogens with two attached hydrogens (primary N) is 1. The van der Waals surface area contributed by atoms with Crippen molar-refractivity contribution in [2.24, 2.45) is 5.73 Å². The fourth-order valence-electron chi connectivity index (χ4n) is 0.177. The molecule has 0 aromatic carbocycles. The molecule has 5 heteroatoms. The van der Waals surface area contributed by atoms with Crippen LogP contribution in [-0.4, -0.2) is 12.1 Å². The van der Waals surface area contributed by atoms with Gasteiger partial charge in [-0.05, 0) is 0 Å². The molecule has 0 aliphatic carbocycles. The molecular formula is C4H4F3NO. The largest absolute Gasteiger partial charge is 0.409 e. The smallest absolute Gasteiger partial charge is 0.366 e. The van der Waals surface area contributed by atoms with Gasteiger partial charge < -0.3 is 5.73 Å². The summed E-state index contributed by atoms with van der Waals surface area (Å²) in [5.74, 6) is -1.10. The molecule has 0 rings (SSSR count). The van der Waals surface area contributed by atoms with E-state index in [2.05, 4.69) is 5.73 Å². The van der Waals surface area contributed by atoms with E-state index in [1.165, 1.54) is 0 Å². The van der Waals surface area contributed by atoms with Crippen molar-refractivity contribution in [1.82, 2.24) is 0 Å². The molecule has 0 spiro atoms. The SMILES string of the molecule is NC(=O)/C=C\C(F)(F)F. The highest BCUT2D eigenvalue weighted by Crippen LogP contribution is 2.15. The Hall–Kier alpha value is -1.00. The zero-order valence-electron chi connectivity index (χ0n) is 4.27. The minimum Gasteiger partial charge on any atom is -0.366 e. The molecule has 0 bridgehead atoms. The van der Waals surface area contributed by atoms with Gasteiger partial charge in [0.05, 0.1) is 0 Å². The number of carbonyl (C=O) groups is 1. The summed E-state index contributed by atoms with van der Waals surface area (Å²) in [5.41, 5.74) is 4.37. The highest BCUT2D eigenvalue weighted by atomic mass is 19.4. The van der Waals surface area contributed by atoms with Gasteiger partial charge in [-0.3, -0.25) is 4.79 Å². The second-order valence-corrected chi connectivity index (χ2v) is 1.28. The van der Waals surface area contributed by atoms with Crippen molar-refractivity contribution < 1.29 is 18.0 Å². The Bertz CT molecular complexity index is 137. The summed E-state index contributed by atoms with van der Waals surface area (Å²) in [7, 11) is 0. The van der Waals surface area contributed by atoms with Crippen LogP contribution in [0.15, 0.2) is 12.2 Å². The Morgan fingerprint density at radius 1 is 1.44 bits per heavy atom. The average molecular weight is 139 g/mol. The van der Waals surface area contributed by atoms with Gasteiger partial charge in [-0.1, -0.05) is 0 Å². The lowest BCUT2D eigenvalue weighted by molar-refractivity contribution is -0.114. The van der Waals surface area contributed by atoms with E-state index in [0.29, 0.717) is 0 Å². The maximum Gasteiger partial charge on any atom is 0.409 e. The lowest BCUT2D eigenvalue weighted by Gasteiger charge is -1.94. The fraction of sp³-hybridized carbons (Fsp3) is 0.250. The molecule has 0 saturated carbocycles. The normalized spacial score (nSPS) is 12.3. The highest BCUT2D eigenvalue weighted by Gasteiger charge is 2.21. The average Bonchev–Trinajstić information content (AvgIpc) is 1.59. The van der Waals surface area contributed by atoms with E-state index in [1.54, 1.807) is 0 Å². The van der Waals surface area contributed by atoms with Crippen molar-refractivity contribution in [3.63, 3.8) is 0 Å². The van der Waals surface area contributed by atoms with Gasteiger partial charge in [-0.2, -0.15) is 13.2 Å². The van der Waals surface area contributed by atoms with E-state index in [0.717, 1.165) is 0 Å². The molecule has 0 atom stereocenters. The van der Waals surface area contributed by atoms with Gasteiger partial charge >= 0.3 is 6.18 Å². The Kier molecular flexibility index (Phi) is 2.24. The van der Waals surface area contributed by atoms with Crippen LogP contribution in [0.2, 0.25) is 0 Å². The Balaban J connectivity index is 3.86. The van der Waals surface area contributed by atoms with E-state index in [-0.39, 0.29) is 12.2 Å². The Morgan fingerprint density at radius 3 is 2.00 bits per heavy atom. The minimum atomic E-state index is -4.45. The second kappa shape index (κ2) is 2.52. The van der Waals surface area contributed by atoms with Crippen LogP contribution >= 0.6 is 0 Å². The molecule has 0 aliphatic heterocycles. The summed E-state index contributed by atoms with van der Waals surface area (Å²) in [4.78, 5) is 9.68. The van der Waals surface area contributed by atoms with E-state index in [4.69, 9.17) is 0 Å². The van der Waals surface area contributed by atoms with E-state index < -0.39 is 12.1 Å². The van der Waals surface area contributed by atoms with Crippen molar-refractivity contribution >= 4 is 5.91 Å². The first-order chi connectivity index (χ1) is 3.92. The first-order valence-corrected chi connectivity index (χ1v) is 1.97. The predicted molar refractivity (Wildman–Crippen MR) is 24.4 cm³/mol. The number of primary amides is 1. The Labute approximate surface area is 49.1 Å². The van der Waals surface area contributed by atoms with Crippen LogP contribution in [-0.2, 0) is 4.79 Å². The lowest BCUT2D eigenvalue weighted by atomic mass is 10.5. The van der Waals surface area contributed by atoms with Crippen LogP contribution in [0.5, 0.6) is 0 Å². The second-order valence-electron chi connectivity index (χ2n) is 1.28. The van der Waals surface area contributed by atoms with Gasteiger partial charge in [0.15, 0.2) is 0 Å². The van der Waals surface area contributed by atoms with Crippen LogP contribution in [0, 0.1) is 0 Å². The summed E-state index contributed by atoms with van der Waals surface area (Å²) in [6.45, 7) is 0. The van der Waals surface area contributed by atoms with Gasteiger partial charge in [0.1, 0.15) is 0 Å². The number of hydrogen-bond donors (Lipinski definition) is 1. The molecule has 2 nitrogen and oxygen atoms in total. The van der Waals surface area contributed by atoms with E-state index in [1.807, 2.05) is 0 Å². The van der Waals surface area contributed by atoms with Crippen LogP contribution in [0.4, 0.5) is 13.2 Å². The number of allylic oxidation sites excluding steroid dienone is 1. The molecule has 0 aliphatic rings. The maximum atomic E-state index is 11.1. The van der Waals surface area contributed by atoms with Crippen LogP contribution < -0.4 is 5.73 Å². The number of halogens is 3. The molecule has 9 heavy (non-hydrogen) atoms. The monoisotopic (exact) mass is 139 g/mol. The summed E-state index contributed by atoms with van der Waals surface area (Å²) >= 11 is 0. The quantitative estimate of drug-likeness (QED) is 0.531. The zero-order valence-corrected chi connectivity index (χ0v) is 4.27. The van der Waals surface area contributed by atoms with Gasteiger partial charge in [0.25, 0.3) is 0 Å². The summed E-state index contributed by atoms with van der Waals surface area (Å²) in [5, 5.41) is 0. The molecule has 0 aromatic rings. The third kappa shape index (κ3) is 7.00. The number of alkyl halides is 3. The van der Waals surface area contributed by atoms with Gasteiger partial charge in [-0.15, -0.1) is 0 Å². The molecule has 0 saturated heterocycles. The third-order valence-corrected chi connectivity index (χ3v) is 0.437. The predicted octanol–water partition coefficient (Wildman–Crippen LogP) is 0.590. The zero-order chi connectivity index (χ0) is 7.49. The summed E-state index contributed by atoms with van der Waals surface area (Å²) in [6.07, 6.45) is -4.40. The van der Waals surface area contributed by atoms with Gasteiger partial charge in [0.2, 0.25) is 5.91 Å². The first-order valence-electron chi connectivity index (χ1n) is 1.97. The molecule has 0 radical (unpaired) electrons. The number of hydrogen-bond acceptors (Lipinski definition) is 1. The number of amides is 1.